The van der Waals surface area contributed by atoms with Crippen molar-refractivity contribution in [2.45, 2.75) is 51.6 Å². The molecule has 0 amide bonds. The fraction of sp³-hybridized carbons (Fsp3) is 1.00. The Kier molecular flexibility index (Phi) is 6.32. The van der Waals surface area contributed by atoms with E-state index in [9.17, 15) is 0 Å². The van der Waals surface area contributed by atoms with Gasteiger partial charge in [-0.05, 0) is 39.3 Å². The largest absolute Gasteiger partial charge is 0.395 e. The van der Waals surface area contributed by atoms with Gasteiger partial charge in [-0.1, -0.05) is 19.8 Å². The standard InChI is InChI=1S/C13H28N2O/c1-4-14-13-8-6-5-7-12(13)9-15(3)11(2)10-16/h11-14,16H,4-10H2,1-3H3. The fourth-order valence-corrected chi connectivity index (χ4v) is 2.65. The second-order valence-corrected chi connectivity index (χ2v) is 5.18. The fourth-order valence-electron chi connectivity index (χ4n) is 2.65. The molecule has 1 aliphatic carbocycles. The molecule has 16 heavy (non-hydrogen) atoms. The van der Waals surface area contributed by atoms with E-state index in [4.69, 9.17) is 5.11 Å². The highest BCUT2D eigenvalue weighted by molar-refractivity contribution is 4.83. The molecule has 0 spiro atoms. The number of aliphatic hydroxyl groups excluding tert-OH is 1. The van der Waals surface area contributed by atoms with Crippen LogP contribution in [-0.2, 0) is 0 Å². The van der Waals surface area contributed by atoms with E-state index in [1.807, 2.05) is 0 Å². The average Bonchev–Trinajstić information content (AvgIpc) is 2.31. The number of likely N-dealkylation sites (N-methyl/N-ethyl adjacent to an activating group) is 1. The third-order valence-corrected chi connectivity index (χ3v) is 3.91. The van der Waals surface area contributed by atoms with Gasteiger partial charge in [0.15, 0.2) is 0 Å². The lowest BCUT2D eigenvalue weighted by atomic mass is 9.84. The quantitative estimate of drug-likeness (QED) is 0.722. The molecule has 0 saturated heterocycles. The molecule has 3 nitrogen and oxygen atoms in total. The summed E-state index contributed by atoms with van der Waals surface area (Å²) in [7, 11) is 2.12. The number of nitrogens with zero attached hydrogens (tertiary/aromatic N) is 1. The van der Waals surface area contributed by atoms with Crippen molar-refractivity contribution >= 4 is 0 Å². The first kappa shape index (κ1) is 13.9. The minimum atomic E-state index is 0.259. The maximum absolute atomic E-state index is 9.15. The van der Waals surface area contributed by atoms with Crippen molar-refractivity contribution in [1.82, 2.24) is 10.2 Å². The van der Waals surface area contributed by atoms with Gasteiger partial charge < -0.3 is 15.3 Å². The van der Waals surface area contributed by atoms with Crippen LogP contribution in [0.25, 0.3) is 0 Å². The molecule has 0 aromatic rings. The highest BCUT2D eigenvalue weighted by Crippen LogP contribution is 2.25. The van der Waals surface area contributed by atoms with E-state index in [0.717, 1.165) is 19.0 Å². The molecule has 0 aromatic carbocycles. The molecule has 0 aliphatic heterocycles. The van der Waals surface area contributed by atoms with E-state index in [1.54, 1.807) is 0 Å². The highest BCUT2D eigenvalue weighted by Gasteiger charge is 2.26. The van der Waals surface area contributed by atoms with Crippen LogP contribution in [0.15, 0.2) is 0 Å². The predicted octanol–water partition coefficient (Wildman–Crippen LogP) is 1.47. The zero-order chi connectivity index (χ0) is 12.0. The minimum absolute atomic E-state index is 0.259. The first-order chi connectivity index (χ1) is 7.69. The number of nitrogens with one attached hydrogen (secondary N) is 1. The van der Waals surface area contributed by atoms with Gasteiger partial charge in [-0.2, -0.15) is 0 Å². The molecule has 0 radical (unpaired) electrons. The van der Waals surface area contributed by atoms with Crippen LogP contribution in [-0.4, -0.2) is 48.8 Å². The van der Waals surface area contributed by atoms with Crippen molar-refractivity contribution in [3.8, 4) is 0 Å². The van der Waals surface area contributed by atoms with Gasteiger partial charge in [-0.3, -0.25) is 0 Å². The van der Waals surface area contributed by atoms with Crippen molar-refractivity contribution in [2.75, 3.05) is 26.7 Å². The van der Waals surface area contributed by atoms with Gasteiger partial charge in [0.05, 0.1) is 6.61 Å². The zero-order valence-corrected chi connectivity index (χ0v) is 11.1. The van der Waals surface area contributed by atoms with Gasteiger partial charge in [0.1, 0.15) is 0 Å². The third-order valence-electron chi connectivity index (χ3n) is 3.91. The summed E-state index contributed by atoms with van der Waals surface area (Å²) < 4.78 is 0. The second-order valence-electron chi connectivity index (χ2n) is 5.18. The highest BCUT2D eigenvalue weighted by atomic mass is 16.3. The van der Waals surface area contributed by atoms with Gasteiger partial charge in [-0.15, -0.1) is 0 Å². The summed E-state index contributed by atoms with van der Waals surface area (Å²) >= 11 is 0. The molecule has 1 aliphatic rings. The summed E-state index contributed by atoms with van der Waals surface area (Å²) in [6.07, 6.45) is 5.39. The normalized spacial score (nSPS) is 28.3. The first-order valence-corrected chi connectivity index (χ1v) is 6.73. The molecule has 3 unspecified atom stereocenters. The van der Waals surface area contributed by atoms with E-state index >= 15 is 0 Å². The maximum atomic E-state index is 9.15. The molecule has 0 aromatic heterocycles. The lowest BCUT2D eigenvalue weighted by molar-refractivity contribution is 0.119. The Morgan fingerprint density at radius 3 is 2.69 bits per heavy atom. The third kappa shape index (κ3) is 4.04. The van der Waals surface area contributed by atoms with Crippen LogP contribution in [0.1, 0.15) is 39.5 Å². The topological polar surface area (TPSA) is 35.5 Å². The van der Waals surface area contributed by atoms with Crippen LogP contribution in [0.5, 0.6) is 0 Å². The summed E-state index contributed by atoms with van der Waals surface area (Å²) in [6.45, 7) is 6.71. The van der Waals surface area contributed by atoms with Crippen LogP contribution in [0, 0.1) is 5.92 Å². The number of aliphatic hydroxyl groups is 1. The summed E-state index contributed by atoms with van der Waals surface area (Å²) in [4.78, 5) is 2.29. The van der Waals surface area contributed by atoms with Crippen molar-refractivity contribution in [2.24, 2.45) is 5.92 Å². The van der Waals surface area contributed by atoms with Crippen LogP contribution in [0.2, 0.25) is 0 Å². The Labute approximate surface area is 100 Å². The van der Waals surface area contributed by atoms with Crippen molar-refractivity contribution in [1.29, 1.82) is 0 Å². The van der Waals surface area contributed by atoms with E-state index in [0.29, 0.717) is 6.04 Å². The van der Waals surface area contributed by atoms with Crippen LogP contribution in [0.4, 0.5) is 0 Å². The molecule has 0 bridgehead atoms. The molecule has 2 N–H and O–H groups in total. The Bertz CT molecular complexity index is 185. The van der Waals surface area contributed by atoms with Gasteiger partial charge in [0.2, 0.25) is 0 Å². The van der Waals surface area contributed by atoms with Crippen LogP contribution >= 0.6 is 0 Å². The Morgan fingerprint density at radius 1 is 1.38 bits per heavy atom. The Balaban J connectivity index is 2.42. The molecule has 3 heteroatoms. The van der Waals surface area contributed by atoms with Crippen molar-refractivity contribution in [3.63, 3.8) is 0 Å². The summed E-state index contributed by atoms with van der Waals surface area (Å²) in [5, 5.41) is 12.8. The van der Waals surface area contributed by atoms with Crippen LogP contribution in [0.3, 0.4) is 0 Å². The smallest absolute Gasteiger partial charge is 0.0584 e. The number of hydrogen-bond donors (Lipinski definition) is 2. The summed E-state index contributed by atoms with van der Waals surface area (Å²) in [6, 6.07) is 0.969. The van der Waals surface area contributed by atoms with E-state index in [1.165, 1.54) is 25.7 Å². The molecule has 1 fully saturated rings. The molecule has 0 heterocycles. The molecule has 1 saturated carbocycles. The van der Waals surface area contributed by atoms with Gasteiger partial charge in [0, 0.05) is 18.6 Å². The zero-order valence-electron chi connectivity index (χ0n) is 11.1. The number of hydrogen-bond acceptors (Lipinski definition) is 3. The van der Waals surface area contributed by atoms with E-state index in [2.05, 4.69) is 31.1 Å². The first-order valence-electron chi connectivity index (χ1n) is 6.73. The molecular weight excluding hydrogens is 200 g/mol. The average molecular weight is 228 g/mol. The van der Waals surface area contributed by atoms with E-state index in [-0.39, 0.29) is 12.6 Å². The monoisotopic (exact) mass is 228 g/mol. The second kappa shape index (κ2) is 7.25. The van der Waals surface area contributed by atoms with Gasteiger partial charge >= 0.3 is 0 Å². The summed E-state index contributed by atoms with van der Waals surface area (Å²) in [5.74, 6) is 0.757. The van der Waals surface area contributed by atoms with Crippen molar-refractivity contribution < 1.29 is 5.11 Å². The van der Waals surface area contributed by atoms with Crippen LogP contribution < -0.4 is 5.32 Å². The van der Waals surface area contributed by atoms with E-state index < -0.39 is 0 Å². The SMILES string of the molecule is CCNC1CCCCC1CN(C)C(C)CO. The summed E-state index contributed by atoms with van der Waals surface area (Å²) in [5.41, 5.74) is 0. The lowest BCUT2D eigenvalue weighted by Gasteiger charge is -2.36. The van der Waals surface area contributed by atoms with Crippen molar-refractivity contribution in [3.05, 3.63) is 0 Å². The van der Waals surface area contributed by atoms with Gasteiger partial charge in [0.25, 0.3) is 0 Å². The molecule has 1 rings (SSSR count). The lowest BCUT2D eigenvalue weighted by Crippen LogP contribution is -2.45. The maximum Gasteiger partial charge on any atom is 0.0584 e. The predicted molar refractivity (Wildman–Crippen MR) is 68.6 cm³/mol. The molecule has 96 valence electrons. The Hall–Kier alpha value is -0.120. The number of rotatable bonds is 6. The molecular formula is C13H28N2O. The Morgan fingerprint density at radius 2 is 2.06 bits per heavy atom. The minimum Gasteiger partial charge on any atom is -0.395 e. The van der Waals surface area contributed by atoms with Gasteiger partial charge in [-0.25, -0.2) is 0 Å². The molecule has 3 atom stereocenters.